The van der Waals surface area contributed by atoms with E-state index < -0.39 is 0 Å². The molecule has 56 valence electrons. The van der Waals surface area contributed by atoms with Gasteiger partial charge in [-0.1, -0.05) is 0 Å². The molecule has 1 heterocycles. The van der Waals surface area contributed by atoms with Crippen LogP contribution in [0.4, 0.5) is 0 Å². The van der Waals surface area contributed by atoms with E-state index in [-0.39, 0.29) is 6.04 Å². The van der Waals surface area contributed by atoms with Gasteiger partial charge < -0.3 is 4.85 Å². The molecule has 0 bridgehead atoms. The monoisotopic (exact) mass is 138 g/mol. The van der Waals surface area contributed by atoms with E-state index in [2.05, 4.69) is 23.6 Å². The first kappa shape index (κ1) is 7.56. The quantitative estimate of drug-likeness (QED) is 0.497. The van der Waals surface area contributed by atoms with Crippen LogP contribution in [0.3, 0.4) is 0 Å². The standard InChI is InChI=1S/C8H14N2/c1-7(2)10-5-4-8(6-10)9-3/h7-8H,4-6H2,1-2H3. The predicted octanol–water partition coefficient (Wildman–Crippen LogP) is 1.39. The van der Waals surface area contributed by atoms with Gasteiger partial charge in [0, 0.05) is 19.0 Å². The Kier molecular flexibility index (Phi) is 2.29. The van der Waals surface area contributed by atoms with E-state index in [4.69, 9.17) is 6.57 Å². The SMILES string of the molecule is [C-]#[N+]C1CCN(C(C)C)C1. The zero-order valence-electron chi connectivity index (χ0n) is 6.67. The summed E-state index contributed by atoms with van der Waals surface area (Å²) in [7, 11) is 0. The van der Waals surface area contributed by atoms with Crippen LogP contribution < -0.4 is 0 Å². The minimum absolute atomic E-state index is 0.280. The fraction of sp³-hybridized carbons (Fsp3) is 0.875. The average Bonchev–Trinajstić information content (AvgIpc) is 2.34. The molecule has 0 spiro atoms. The first-order chi connectivity index (χ1) is 4.74. The largest absolute Gasteiger partial charge is 0.312 e. The van der Waals surface area contributed by atoms with Crippen molar-refractivity contribution in [2.24, 2.45) is 0 Å². The fourth-order valence-electron chi connectivity index (χ4n) is 1.34. The molecule has 2 heteroatoms. The third kappa shape index (κ3) is 1.48. The first-order valence-corrected chi connectivity index (χ1v) is 3.84. The van der Waals surface area contributed by atoms with Crippen LogP contribution >= 0.6 is 0 Å². The highest BCUT2D eigenvalue weighted by Gasteiger charge is 2.27. The van der Waals surface area contributed by atoms with E-state index in [1.165, 1.54) is 0 Å². The van der Waals surface area contributed by atoms with Gasteiger partial charge in [-0.15, -0.1) is 0 Å². The van der Waals surface area contributed by atoms with Crippen molar-refractivity contribution >= 4 is 0 Å². The molecule has 1 atom stereocenters. The van der Waals surface area contributed by atoms with E-state index in [0.717, 1.165) is 19.5 Å². The maximum atomic E-state index is 6.83. The lowest BCUT2D eigenvalue weighted by molar-refractivity contribution is 0.275. The Morgan fingerprint density at radius 1 is 1.60 bits per heavy atom. The molecule has 0 aliphatic carbocycles. The summed E-state index contributed by atoms with van der Waals surface area (Å²) in [5.41, 5.74) is 0. The van der Waals surface area contributed by atoms with Crippen molar-refractivity contribution in [3.8, 4) is 0 Å². The fourth-order valence-corrected chi connectivity index (χ4v) is 1.34. The highest BCUT2D eigenvalue weighted by atomic mass is 15.2. The second-order valence-electron chi connectivity index (χ2n) is 3.16. The molecule has 2 nitrogen and oxygen atoms in total. The Balaban J connectivity index is 2.37. The first-order valence-electron chi connectivity index (χ1n) is 3.84. The van der Waals surface area contributed by atoms with Crippen LogP contribution in [-0.4, -0.2) is 30.1 Å². The van der Waals surface area contributed by atoms with Gasteiger partial charge in [0.15, 0.2) is 0 Å². The predicted molar refractivity (Wildman–Crippen MR) is 41.7 cm³/mol. The molecule has 0 radical (unpaired) electrons. The number of hydrogen-bond donors (Lipinski definition) is 0. The lowest BCUT2D eigenvalue weighted by atomic mass is 10.3. The lowest BCUT2D eigenvalue weighted by Crippen LogP contribution is -2.28. The second kappa shape index (κ2) is 3.03. The van der Waals surface area contributed by atoms with Crippen LogP contribution in [0.5, 0.6) is 0 Å². The smallest absolute Gasteiger partial charge is 0.237 e. The van der Waals surface area contributed by atoms with Crippen molar-refractivity contribution in [1.29, 1.82) is 0 Å². The zero-order chi connectivity index (χ0) is 7.56. The van der Waals surface area contributed by atoms with Crippen LogP contribution in [0.25, 0.3) is 4.85 Å². The van der Waals surface area contributed by atoms with Crippen molar-refractivity contribution in [1.82, 2.24) is 4.90 Å². The van der Waals surface area contributed by atoms with E-state index >= 15 is 0 Å². The van der Waals surface area contributed by atoms with E-state index in [1.807, 2.05) is 0 Å². The summed E-state index contributed by atoms with van der Waals surface area (Å²) in [5, 5.41) is 0. The zero-order valence-corrected chi connectivity index (χ0v) is 6.67. The van der Waals surface area contributed by atoms with Crippen LogP contribution in [0.2, 0.25) is 0 Å². The molecule has 0 N–H and O–H groups in total. The molecule has 1 rings (SSSR count). The number of rotatable bonds is 1. The number of likely N-dealkylation sites (tertiary alicyclic amines) is 1. The maximum absolute atomic E-state index is 6.83. The van der Waals surface area contributed by atoms with E-state index in [0.29, 0.717) is 6.04 Å². The molecule has 1 fully saturated rings. The minimum atomic E-state index is 0.280. The van der Waals surface area contributed by atoms with Gasteiger partial charge in [-0.2, -0.15) is 0 Å². The molecule has 0 aromatic heterocycles. The highest BCUT2D eigenvalue weighted by Crippen LogP contribution is 2.14. The van der Waals surface area contributed by atoms with Crippen molar-refractivity contribution in [3.05, 3.63) is 11.4 Å². The minimum Gasteiger partial charge on any atom is -0.312 e. The lowest BCUT2D eigenvalue weighted by Gasteiger charge is -2.17. The second-order valence-corrected chi connectivity index (χ2v) is 3.16. The van der Waals surface area contributed by atoms with Gasteiger partial charge in [0.2, 0.25) is 6.04 Å². The van der Waals surface area contributed by atoms with Crippen molar-refractivity contribution < 1.29 is 0 Å². The third-order valence-corrected chi connectivity index (χ3v) is 2.11. The van der Waals surface area contributed by atoms with Gasteiger partial charge in [0.25, 0.3) is 0 Å². The van der Waals surface area contributed by atoms with Gasteiger partial charge in [-0.05, 0) is 13.8 Å². The summed E-state index contributed by atoms with van der Waals surface area (Å²) in [5.74, 6) is 0. The van der Waals surface area contributed by atoms with Crippen molar-refractivity contribution in [2.45, 2.75) is 32.4 Å². The number of hydrogen-bond acceptors (Lipinski definition) is 1. The summed E-state index contributed by atoms with van der Waals surface area (Å²) in [4.78, 5) is 5.89. The molecule has 10 heavy (non-hydrogen) atoms. The average molecular weight is 138 g/mol. The van der Waals surface area contributed by atoms with Crippen LogP contribution in [0, 0.1) is 6.57 Å². The molecular weight excluding hydrogens is 124 g/mol. The molecule has 0 aromatic rings. The van der Waals surface area contributed by atoms with Gasteiger partial charge in [-0.25, -0.2) is 6.57 Å². The topological polar surface area (TPSA) is 7.60 Å². The molecule has 1 aliphatic rings. The Labute approximate surface area is 62.7 Å². The van der Waals surface area contributed by atoms with Gasteiger partial charge in [-0.3, -0.25) is 4.90 Å². The van der Waals surface area contributed by atoms with Crippen molar-refractivity contribution in [2.75, 3.05) is 13.1 Å². The molecular formula is C8H14N2. The Morgan fingerprint density at radius 3 is 2.60 bits per heavy atom. The molecule has 1 saturated heterocycles. The third-order valence-electron chi connectivity index (χ3n) is 2.11. The summed E-state index contributed by atoms with van der Waals surface area (Å²) in [6.45, 7) is 13.3. The summed E-state index contributed by atoms with van der Waals surface area (Å²) in [6.07, 6.45) is 1.07. The van der Waals surface area contributed by atoms with E-state index in [1.54, 1.807) is 0 Å². The summed E-state index contributed by atoms with van der Waals surface area (Å²) in [6, 6.07) is 0.897. The number of nitrogens with zero attached hydrogens (tertiary/aromatic N) is 2. The van der Waals surface area contributed by atoms with Gasteiger partial charge in [0.05, 0.1) is 6.54 Å². The molecule has 1 aliphatic heterocycles. The molecule has 0 aromatic carbocycles. The Hall–Kier alpha value is -0.550. The van der Waals surface area contributed by atoms with Crippen molar-refractivity contribution in [3.63, 3.8) is 0 Å². The maximum Gasteiger partial charge on any atom is 0.237 e. The van der Waals surface area contributed by atoms with Crippen LogP contribution in [-0.2, 0) is 0 Å². The van der Waals surface area contributed by atoms with Gasteiger partial charge in [0.1, 0.15) is 0 Å². The van der Waals surface area contributed by atoms with Crippen LogP contribution in [0.15, 0.2) is 0 Å². The Bertz CT molecular complexity index is 146. The highest BCUT2D eigenvalue weighted by molar-refractivity contribution is 4.89. The van der Waals surface area contributed by atoms with Crippen LogP contribution in [0.1, 0.15) is 20.3 Å². The molecule has 0 saturated carbocycles. The normalized spacial score (nSPS) is 27.2. The molecule has 1 unspecified atom stereocenters. The molecule has 0 amide bonds. The van der Waals surface area contributed by atoms with Gasteiger partial charge >= 0.3 is 0 Å². The summed E-state index contributed by atoms with van der Waals surface area (Å²) >= 11 is 0. The van der Waals surface area contributed by atoms with E-state index in [9.17, 15) is 0 Å². The summed E-state index contributed by atoms with van der Waals surface area (Å²) < 4.78 is 0. The Morgan fingerprint density at radius 2 is 2.30 bits per heavy atom.